The van der Waals surface area contributed by atoms with Crippen LogP contribution in [0, 0.1) is 17.1 Å². The van der Waals surface area contributed by atoms with Gasteiger partial charge in [0.2, 0.25) is 0 Å². The summed E-state index contributed by atoms with van der Waals surface area (Å²) in [6, 6.07) is 16.8. The van der Waals surface area contributed by atoms with Gasteiger partial charge in [0.1, 0.15) is 6.07 Å². The maximum absolute atomic E-state index is 15.1. The maximum Gasteiger partial charge on any atom is 0.407 e. The average molecular weight is 500 g/mol. The number of carboxylic acid groups (broad SMARTS) is 1. The molecule has 9 nitrogen and oxygen atoms in total. The molecular weight excluding hydrogens is 473 g/mol. The van der Waals surface area contributed by atoms with Crippen molar-refractivity contribution in [3.63, 3.8) is 0 Å². The predicted molar refractivity (Wildman–Crippen MR) is 139 cm³/mol. The highest BCUT2D eigenvalue weighted by Gasteiger charge is 2.30. The molecule has 0 bridgehead atoms. The molecule has 0 spiro atoms. The second kappa shape index (κ2) is 10.5. The molecule has 37 heavy (non-hydrogen) atoms. The maximum atomic E-state index is 15.1. The lowest BCUT2D eigenvalue weighted by Crippen LogP contribution is -2.48. The number of aromatic nitrogens is 3. The molecule has 4 rings (SSSR count). The highest BCUT2D eigenvalue weighted by atomic mass is 19.1. The predicted octanol–water partition coefficient (Wildman–Crippen LogP) is 5.71. The lowest BCUT2D eigenvalue weighted by Gasteiger charge is -2.36. The number of carbonyl (C=O) groups is 1. The van der Waals surface area contributed by atoms with Crippen LogP contribution in [-0.4, -0.2) is 43.1 Å². The molecule has 3 heterocycles. The molecule has 10 heteroatoms. The lowest BCUT2D eigenvalue weighted by atomic mass is 10.0. The van der Waals surface area contributed by atoms with Gasteiger partial charge < -0.3 is 20.6 Å². The Bertz CT molecular complexity index is 1470. The van der Waals surface area contributed by atoms with E-state index >= 15 is 4.39 Å². The SMILES string of the molecule is CC(C)(C)N(C[C@H](Nc1nc(Nc2ccc3ncccc3c2)c(C#N)cc1F)c1ccccn1)C(=O)O. The Morgan fingerprint density at radius 3 is 2.57 bits per heavy atom. The third kappa shape index (κ3) is 5.90. The van der Waals surface area contributed by atoms with Crippen molar-refractivity contribution in [3.8, 4) is 6.07 Å². The number of nitrogens with zero attached hydrogens (tertiary/aromatic N) is 5. The fourth-order valence-corrected chi connectivity index (χ4v) is 3.84. The van der Waals surface area contributed by atoms with Crippen molar-refractivity contribution in [3.05, 3.63) is 84.1 Å². The third-order valence-electron chi connectivity index (χ3n) is 5.72. The first kappa shape index (κ1) is 25.3. The van der Waals surface area contributed by atoms with E-state index in [1.54, 1.807) is 57.4 Å². The van der Waals surface area contributed by atoms with Crippen molar-refractivity contribution in [1.29, 1.82) is 5.26 Å². The van der Waals surface area contributed by atoms with Gasteiger partial charge in [0.25, 0.3) is 0 Å². The Morgan fingerprint density at radius 2 is 1.89 bits per heavy atom. The minimum atomic E-state index is -1.11. The molecule has 1 aromatic carbocycles. The van der Waals surface area contributed by atoms with Crippen LogP contribution in [0.2, 0.25) is 0 Å². The van der Waals surface area contributed by atoms with E-state index in [9.17, 15) is 15.2 Å². The van der Waals surface area contributed by atoms with Crippen molar-refractivity contribution >= 4 is 34.3 Å². The number of benzene rings is 1. The first-order valence-corrected chi connectivity index (χ1v) is 11.6. The Kier molecular flexibility index (Phi) is 7.15. The third-order valence-corrected chi connectivity index (χ3v) is 5.72. The van der Waals surface area contributed by atoms with Gasteiger partial charge in [0.15, 0.2) is 17.5 Å². The van der Waals surface area contributed by atoms with Gasteiger partial charge in [-0.15, -0.1) is 0 Å². The van der Waals surface area contributed by atoms with Crippen LogP contribution in [-0.2, 0) is 0 Å². The molecule has 0 saturated carbocycles. The van der Waals surface area contributed by atoms with Crippen LogP contribution >= 0.6 is 0 Å². The number of hydrogen-bond acceptors (Lipinski definition) is 7. The number of nitriles is 1. The van der Waals surface area contributed by atoms with Crippen LogP contribution in [0.25, 0.3) is 10.9 Å². The number of hydrogen-bond donors (Lipinski definition) is 3. The molecule has 0 unspecified atom stereocenters. The van der Waals surface area contributed by atoms with Gasteiger partial charge >= 0.3 is 6.09 Å². The number of halogens is 1. The van der Waals surface area contributed by atoms with Crippen LogP contribution in [0.1, 0.15) is 38.1 Å². The minimum Gasteiger partial charge on any atom is -0.465 e. The van der Waals surface area contributed by atoms with Crippen LogP contribution in [0.3, 0.4) is 0 Å². The molecule has 0 fully saturated rings. The first-order chi connectivity index (χ1) is 17.7. The molecule has 0 aliphatic rings. The largest absolute Gasteiger partial charge is 0.465 e. The summed E-state index contributed by atoms with van der Waals surface area (Å²) in [7, 11) is 0. The van der Waals surface area contributed by atoms with Gasteiger partial charge in [0, 0.05) is 29.0 Å². The van der Waals surface area contributed by atoms with E-state index in [0.29, 0.717) is 11.4 Å². The van der Waals surface area contributed by atoms with Gasteiger partial charge in [0.05, 0.1) is 29.4 Å². The summed E-state index contributed by atoms with van der Waals surface area (Å²) in [6.07, 6.45) is 2.17. The fourth-order valence-electron chi connectivity index (χ4n) is 3.84. The molecule has 0 aliphatic carbocycles. The highest BCUT2D eigenvalue weighted by molar-refractivity contribution is 5.83. The number of rotatable bonds is 7. The first-order valence-electron chi connectivity index (χ1n) is 11.6. The fraction of sp³-hybridized carbons (Fsp3) is 0.222. The van der Waals surface area contributed by atoms with E-state index in [1.165, 1.54) is 4.90 Å². The molecule has 0 saturated heterocycles. The van der Waals surface area contributed by atoms with E-state index in [1.807, 2.05) is 30.3 Å². The number of amides is 1. The van der Waals surface area contributed by atoms with E-state index < -0.39 is 23.5 Å². The summed E-state index contributed by atoms with van der Waals surface area (Å²) in [6.45, 7) is 5.31. The molecule has 3 N–H and O–H groups in total. The minimum absolute atomic E-state index is 0.0165. The van der Waals surface area contributed by atoms with Gasteiger partial charge in [-0.05, 0) is 63.2 Å². The number of pyridine rings is 3. The zero-order chi connectivity index (χ0) is 26.6. The van der Waals surface area contributed by atoms with Crippen LogP contribution in [0.5, 0.6) is 0 Å². The van der Waals surface area contributed by atoms with Gasteiger partial charge in [-0.25, -0.2) is 14.2 Å². The summed E-state index contributed by atoms with van der Waals surface area (Å²) >= 11 is 0. The second-order valence-corrected chi connectivity index (χ2v) is 9.38. The summed E-state index contributed by atoms with van der Waals surface area (Å²) < 4.78 is 15.1. The molecule has 0 radical (unpaired) electrons. The molecular formula is C27H26FN7O2. The van der Waals surface area contributed by atoms with Crippen molar-refractivity contribution in [2.24, 2.45) is 0 Å². The van der Waals surface area contributed by atoms with Crippen LogP contribution < -0.4 is 10.6 Å². The van der Waals surface area contributed by atoms with Gasteiger partial charge in [-0.1, -0.05) is 12.1 Å². The quantitative estimate of drug-likeness (QED) is 0.295. The Balaban J connectivity index is 1.70. The highest BCUT2D eigenvalue weighted by Crippen LogP contribution is 2.28. The average Bonchev–Trinajstić information content (AvgIpc) is 2.87. The Morgan fingerprint density at radius 1 is 1.11 bits per heavy atom. The number of anilines is 3. The normalized spacial score (nSPS) is 12.0. The van der Waals surface area contributed by atoms with E-state index in [4.69, 9.17) is 0 Å². The second-order valence-electron chi connectivity index (χ2n) is 9.38. The summed E-state index contributed by atoms with van der Waals surface area (Å²) in [4.78, 5) is 26.3. The zero-order valence-electron chi connectivity index (χ0n) is 20.6. The van der Waals surface area contributed by atoms with Gasteiger partial charge in [-0.2, -0.15) is 5.26 Å². The summed E-state index contributed by atoms with van der Waals surface area (Å²) in [5.41, 5.74) is 1.27. The smallest absolute Gasteiger partial charge is 0.407 e. The molecule has 3 aromatic heterocycles. The molecule has 188 valence electrons. The number of nitrogens with one attached hydrogen (secondary N) is 2. The molecule has 0 aliphatic heterocycles. The standard InChI is InChI=1S/C27H26FN7O2/c1-27(2,3)35(26(36)37)16-23(22-8-4-5-11-31-22)33-25-20(28)14-18(15-29)24(34-25)32-19-9-10-21-17(13-19)7-6-12-30-21/h4-14,23H,16H2,1-3H3,(H,36,37)(H2,32,33,34)/t23-/m0/s1. The summed E-state index contributed by atoms with van der Waals surface area (Å²) in [5, 5.41) is 26.4. The zero-order valence-corrected chi connectivity index (χ0v) is 20.6. The van der Waals surface area contributed by atoms with E-state index in [-0.39, 0.29) is 23.7 Å². The van der Waals surface area contributed by atoms with Crippen LogP contribution in [0.15, 0.2) is 67.0 Å². The van der Waals surface area contributed by atoms with E-state index in [2.05, 4.69) is 25.6 Å². The van der Waals surface area contributed by atoms with E-state index in [0.717, 1.165) is 17.0 Å². The Labute approximate surface area is 213 Å². The van der Waals surface area contributed by atoms with Crippen molar-refractivity contribution in [1.82, 2.24) is 19.9 Å². The molecule has 1 atom stereocenters. The van der Waals surface area contributed by atoms with Crippen molar-refractivity contribution in [2.45, 2.75) is 32.4 Å². The van der Waals surface area contributed by atoms with Crippen LogP contribution in [0.4, 0.5) is 26.5 Å². The monoisotopic (exact) mass is 499 g/mol. The van der Waals surface area contributed by atoms with Gasteiger partial charge in [-0.3, -0.25) is 9.97 Å². The number of fused-ring (bicyclic) bond motifs is 1. The van der Waals surface area contributed by atoms with Crippen molar-refractivity contribution < 1.29 is 14.3 Å². The molecule has 1 amide bonds. The van der Waals surface area contributed by atoms with Crippen molar-refractivity contribution in [2.75, 3.05) is 17.2 Å². The summed E-state index contributed by atoms with van der Waals surface area (Å²) in [5.74, 6) is -0.734. The molecule has 4 aromatic rings. The lowest BCUT2D eigenvalue weighted by molar-refractivity contribution is 0.0971. The Hall–Kier alpha value is -4.78. The topological polar surface area (TPSA) is 127 Å².